The summed E-state index contributed by atoms with van der Waals surface area (Å²) in [7, 11) is 0. The Bertz CT molecular complexity index is 505. The van der Waals surface area contributed by atoms with Crippen molar-refractivity contribution in [2.45, 2.75) is 99.5 Å². The molecule has 0 aliphatic carbocycles. The minimum Gasteiger partial charge on any atom is -0.393 e. The minimum atomic E-state index is -0.228. The van der Waals surface area contributed by atoms with Crippen molar-refractivity contribution in [1.82, 2.24) is 0 Å². The minimum absolute atomic E-state index is 0.130. The predicted octanol–water partition coefficient (Wildman–Crippen LogP) is 9.07. The summed E-state index contributed by atoms with van der Waals surface area (Å²) in [5.41, 5.74) is 1.47. The number of halogens is 1. The van der Waals surface area contributed by atoms with E-state index in [-0.39, 0.29) is 17.8 Å². The largest absolute Gasteiger partial charge is 0.393 e. The fourth-order valence-corrected chi connectivity index (χ4v) is 3.32. The second kappa shape index (κ2) is 17.5. The molecule has 0 amide bonds. The summed E-state index contributed by atoms with van der Waals surface area (Å²) < 4.78 is 14.7. The Morgan fingerprint density at radius 2 is 1.27 bits per heavy atom. The Hall–Kier alpha value is -1.15. The second-order valence-electron chi connectivity index (χ2n) is 9.44. The van der Waals surface area contributed by atoms with Crippen molar-refractivity contribution in [3.05, 3.63) is 49.4 Å². The van der Waals surface area contributed by atoms with Gasteiger partial charge in [-0.1, -0.05) is 67.5 Å². The highest BCUT2D eigenvalue weighted by molar-refractivity contribution is 5.32. The number of aliphatic hydroxyl groups excluding tert-OH is 1. The summed E-state index contributed by atoms with van der Waals surface area (Å²) in [5.74, 6) is 2.08. The summed E-state index contributed by atoms with van der Waals surface area (Å²) in [5, 5.41) is 9.45. The van der Waals surface area contributed by atoms with Gasteiger partial charge in [0, 0.05) is 0 Å². The molecule has 0 aromatic carbocycles. The molecular formula is C28H51FO. The molecule has 0 fully saturated rings. The van der Waals surface area contributed by atoms with E-state index in [1.54, 1.807) is 6.08 Å². The molecule has 0 saturated heterocycles. The van der Waals surface area contributed by atoms with Crippen LogP contribution in [0.2, 0.25) is 0 Å². The standard InChI is InChI=1S/C26H47FO.C2H4/c1-10-18(2)11-12-21(5)23(7)17-26(27)25(9)22(6)14-13-19(3)20(4)15-16-24(8)28;1-2/h17-22,24,28H,7,9-16H2,1-6,8H3;1-2H2/b26-17+;. The Labute approximate surface area is 188 Å². The maximum absolute atomic E-state index is 14.7. The van der Waals surface area contributed by atoms with Gasteiger partial charge in [-0.15, -0.1) is 13.2 Å². The van der Waals surface area contributed by atoms with Crippen LogP contribution in [0.25, 0.3) is 0 Å². The fourth-order valence-electron chi connectivity index (χ4n) is 3.32. The number of allylic oxidation sites excluding steroid dienone is 4. The highest BCUT2D eigenvalue weighted by atomic mass is 19.1. The van der Waals surface area contributed by atoms with Gasteiger partial charge in [-0.25, -0.2) is 4.39 Å². The average molecular weight is 423 g/mol. The molecule has 30 heavy (non-hydrogen) atoms. The van der Waals surface area contributed by atoms with Gasteiger partial charge in [0.05, 0.1) is 6.10 Å². The maximum atomic E-state index is 14.7. The van der Waals surface area contributed by atoms with Crippen LogP contribution in [0.15, 0.2) is 49.4 Å². The molecule has 0 spiro atoms. The molecule has 0 aromatic rings. The van der Waals surface area contributed by atoms with Gasteiger partial charge in [0.15, 0.2) is 0 Å². The van der Waals surface area contributed by atoms with Gasteiger partial charge in [0.2, 0.25) is 0 Å². The molecule has 0 saturated carbocycles. The molecule has 0 aromatic heterocycles. The fraction of sp³-hybridized carbons (Fsp3) is 0.714. The molecule has 0 heterocycles. The Balaban J connectivity index is 0. The molecule has 0 aliphatic heterocycles. The molecule has 176 valence electrons. The lowest BCUT2D eigenvalue weighted by atomic mass is 9.84. The van der Waals surface area contributed by atoms with Crippen molar-refractivity contribution in [2.24, 2.45) is 29.6 Å². The molecule has 1 N–H and O–H groups in total. The van der Waals surface area contributed by atoms with E-state index in [9.17, 15) is 9.50 Å². The summed E-state index contributed by atoms with van der Waals surface area (Å²) >= 11 is 0. The summed E-state index contributed by atoms with van der Waals surface area (Å²) in [6.45, 7) is 29.1. The Kier molecular flexibility index (Phi) is 18.1. The van der Waals surface area contributed by atoms with Crippen molar-refractivity contribution >= 4 is 0 Å². The van der Waals surface area contributed by atoms with Crippen LogP contribution in [0.5, 0.6) is 0 Å². The highest BCUT2D eigenvalue weighted by Gasteiger charge is 2.18. The first-order chi connectivity index (χ1) is 14.0. The van der Waals surface area contributed by atoms with E-state index in [0.29, 0.717) is 29.2 Å². The zero-order valence-corrected chi connectivity index (χ0v) is 21.1. The van der Waals surface area contributed by atoms with Crippen LogP contribution in [0.1, 0.15) is 93.4 Å². The van der Waals surface area contributed by atoms with Crippen molar-refractivity contribution in [2.75, 3.05) is 0 Å². The lowest BCUT2D eigenvalue weighted by Crippen LogP contribution is -2.13. The van der Waals surface area contributed by atoms with E-state index in [1.807, 2.05) is 6.92 Å². The zero-order valence-electron chi connectivity index (χ0n) is 21.1. The predicted molar refractivity (Wildman–Crippen MR) is 134 cm³/mol. The van der Waals surface area contributed by atoms with E-state index in [1.165, 1.54) is 6.42 Å². The van der Waals surface area contributed by atoms with Crippen LogP contribution >= 0.6 is 0 Å². The van der Waals surface area contributed by atoms with E-state index in [2.05, 4.69) is 67.9 Å². The van der Waals surface area contributed by atoms with Crippen LogP contribution in [-0.4, -0.2) is 11.2 Å². The summed E-state index contributed by atoms with van der Waals surface area (Å²) in [6.07, 6.45) is 8.67. The molecule has 2 heteroatoms. The molecule has 0 rings (SSSR count). The van der Waals surface area contributed by atoms with Crippen molar-refractivity contribution in [3.63, 3.8) is 0 Å². The van der Waals surface area contributed by atoms with Crippen LogP contribution in [0.4, 0.5) is 4.39 Å². The van der Waals surface area contributed by atoms with Crippen molar-refractivity contribution in [3.8, 4) is 0 Å². The normalized spacial score (nSPS) is 17.7. The van der Waals surface area contributed by atoms with Gasteiger partial charge in [-0.3, -0.25) is 0 Å². The highest BCUT2D eigenvalue weighted by Crippen LogP contribution is 2.30. The SMILES string of the molecule is C=C.C=C(/C=C(/F)C(=C)C(C)CCC(C)C(C)CCC(C)O)C(C)CCC(C)CC. The first-order valence-electron chi connectivity index (χ1n) is 11.9. The van der Waals surface area contributed by atoms with E-state index < -0.39 is 0 Å². The lowest BCUT2D eigenvalue weighted by Gasteiger charge is -2.23. The molecule has 6 atom stereocenters. The maximum Gasteiger partial charge on any atom is 0.126 e. The van der Waals surface area contributed by atoms with E-state index >= 15 is 0 Å². The van der Waals surface area contributed by atoms with Gasteiger partial charge in [-0.05, 0) is 85.8 Å². The first kappa shape index (κ1) is 31.0. The Morgan fingerprint density at radius 3 is 1.73 bits per heavy atom. The van der Waals surface area contributed by atoms with Gasteiger partial charge >= 0.3 is 0 Å². The topological polar surface area (TPSA) is 20.2 Å². The van der Waals surface area contributed by atoms with Crippen LogP contribution in [0, 0.1) is 29.6 Å². The van der Waals surface area contributed by atoms with Crippen molar-refractivity contribution < 1.29 is 9.50 Å². The van der Waals surface area contributed by atoms with Crippen LogP contribution in [-0.2, 0) is 0 Å². The lowest BCUT2D eigenvalue weighted by molar-refractivity contribution is 0.166. The molecule has 0 aliphatic rings. The number of hydrogen-bond acceptors (Lipinski definition) is 1. The quantitative estimate of drug-likeness (QED) is 0.206. The number of rotatable bonds is 15. The van der Waals surface area contributed by atoms with Crippen molar-refractivity contribution in [1.29, 1.82) is 0 Å². The van der Waals surface area contributed by atoms with Crippen LogP contribution in [0.3, 0.4) is 0 Å². The number of hydrogen-bond donors (Lipinski definition) is 1. The van der Waals surface area contributed by atoms with Gasteiger partial charge < -0.3 is 5.11 Å². The van der Waals surface area contributed by atoms with E-state index in [0.717, 1.165) is 44.1 Å². The third-order valence-corrected chi connectivity index (χ3v) is 6.70. The summed E-state index contributed by atoms with van der Waals surface area (Å²) in [4.78, 5) is 0. The number of aliphatic hydroxyl groups is 1. The monoisotopic (exact) mass is 422 g/mol. The Morgan fingerprint density at radius 1 is 0.800 bits per heavy atom. The average Bonchev–Trinajstić information content (AvgIpc) is 2.73. The second-order valence-corrected chi connectivity index (χ2v) is 9.44. The van der Waals surface area contributed by atoms with Gasteiger partial charge in [0.25, 0.3) is 0 Å². The molecular weight excluding hydrogens is 371 g/mol. The molecule has 0 bridgehead atoms. The third kappa shape index (κ3) is 14.0. The molecule has 6 unspecified atom stereocenters. The third-order valence-electron chi connectivity index (χ3n) is 6.70. The van der Waals surface area contributed by atoms with E-state index in [4.69, 9.17) is 0 Å². The van der Waals surface area contributed by atoms with Gasteiger partial charge in [0.1, 0.15) is 5.83 Å². The van der Waals surface area contributed by atoms with Crippen LogP contribution < -0.4 is 0 Å². The smallest absolute Gasteiger partial charge is 0.126 e. The molecule has 1 nitrogen and oxygen atoms in total. The zero-order chi connectivity index (χ0) is 23.9. The molecule has 0 radical (unpaired) electrons. The first-order valence-corrected chi connectivity index (χ1v) is 11.9. The summed E-state index contributed by atoms with van der Waals surface area (Å²) in [6, 6.07) is 0. The van der Waals surface area contributed by atoms with Gasteiger partial charge in [-0.2, -0.15) is 0 Å².